The molecule has 0 saturated carbocycles. The normalized spacial score (nSPS) is 19.0. The lowest BCUT2D eigenvalue weighted by molar-refractivity contribution is 0.246. The Morgan fingerprint density at radius 1 is 1.17 bits per heavy atom. The fourth-order valence-electron chi connectivity index (χ4n) is 2.64. The number of piperazine rings is 1. The van der Waals surface area contributed by atoms with Crippen molar-refractivity contribution in [2.75, 3.05) is 37.6 Å². The molecule has 3 heteroatoms. The summed E-state index contributed by atoms with van der Waals surface area (Å²) in [6.45, 7) is 11.9. The second-order valence-corrected chi connectivity index (χ2v) is 5.55. The second kappa shape index (κ2) is 5.72. The summed E-state index contributed by atoms with van der Waals surface area (Å²) >= 11 is 0. The molecule has 0 radical (unpaired) electrons. The molecule has 1 heterocycles. The molecule has 18 heavy (non-hydrogen) atoms. The van der Waals surface area contributed by atoms with Gasteiger partial charge in [-0.05, 0) is 38.0 Å². The molecule has 0 amide bonds. The van der Waals surface area contributed by atoms with E-state index in [2.05, 4.69) is 48.8 Å². The number of nitrogens with two attached hydrogens (primary N) is 1. The van der Waals surface area contributed by atoms with Crippen molar-refractivity contribution in [3.63, 3.8) is 0 Å². The Bertz CT molecular complexity index is 393. The largest absolute Gasteiger partial charge is 0.369 e. The van der Waals surface area contributed by atoms with Crippen LogP contribution in [0.3, 0.4) is 0 Å². The van der Waals surface area contributed by atoms with Gasteiger partial charge in [0.2, 0.25) is 0 Å². The quantitative estimate of drug-likeness (QED) is 0.883. The molecule has 0 spiro atoms. The van der Waals surface area contributed by atoms with E-state index in [4.69, 9.17) is 5.73 Å². The van der Waals surface area contributed by atoms with Crippen LogP contribution in [0.1, 0.15) is 18.1 Å². The minimum atomic E-state index is 0.275. The number of hydrogen-bond acceptors (Lipinski definition) is 3. The Balaban J connectivity index is 1.99. The summed E-state index contributed by atoms with van der Waals surface area (Å²) in [5, 5.41) is 0. The number of benzene rings is 1. The van der Waals surface area contributed by atoms with E-state index >= 15 is 0 Å². The lowest BCUT2D eigenvalue weighted by atomic mass is 10.1. The summed E-state index contributed by atoms with van der Waals surface area (Å²) in [5.74, 6) is 0. The van der Waals surface area contributed by atoms with Crippen LogP contribution in [0.4, 0.5) is 5.69 Å². The molecular weight excluding hydrogens is 222 g/mol. The van der Waals surface area contributed by atoms with E-state index < -0.39 is 0 Å². The Labute approximate surface area is 111 Å². The molecule has 1 aliphatic heterocycles. The summed E-state index contributed by atoms with van der Waals surface area (Å²) < 4.78 is 0. The van der Waals surface area contributed by atoms with Crippen molar-refractivity contribution in [1.82, 2.24) is 4.90 Å². The van der Waals surface area contributed by atoms with Gasteiger partial charge >= 0.3 is 0 Å². The van der Waals surface area contributed by atoms with E-state index in [0.717, 1.165) is 32.7 Å². The predicted octanol–water partition coefficient (Wildman–Crippen LogP) is 1.77. The topological polar surface area (TPSA) is 32.5 Å². The van der Waals surface area contributed by atoms with Gasteiger partial charge < -0.3 is 10.6 Å². The Morgan fingerprint density at radius 2 is 1.83 bits per heavy atom. The van der Waals surface area contributed by atoms with Crippen molar-refractivity contribution >= 4 is 5.69 Å². The van der Waals surface area contributed by atoms with Crippen LogP contribution in [0, 0.1) is 13.8 Å². The summed E-state index contributed by atoms with van der Waals surface area (Å²) in [6.07, 6.45) is 0. The molecule has 1 saturated heterocycles. The molecule has 3 nitrogen and oxygen atoms in total. The van der Waals surface area contributed by atoms with Gasteiger partial charge in [-0.2, -0.15) is 0 Å². The zero-order valence-corrected chi connectivity index (χ0v) is 11.8. The van der Waals surface area contributed by atoms with Crippen LogP contribution < -0.4 is 10.6 Å². The van der Waals surface area contributed by atoms with Gasteiger partial charge in [0.05, 0.1) is 0 Å². The van der Waals surface area contributed by atoms with E-state index in [1.165, 1.54) is 16.8 Å². The Morgan fingerprint density at radius 3 is 2.44 bits per heavy atom. The number of aryl methyl sites for hydroxylation is 2. The molecule has 2 N–H and O–H groups in total. The van der Waals surface area contributed by atoms with Crippen LogP contribution in [0.25, 0.3) is 0 Å². The maximum atomic E-state index is 5.86. The molecule has 1 fully saturated rings. The van der Waals surface area contributed by atoms with Gasteiger partial charge in [0, 0.05) is 44.5 Å². The Kier molecular flexibility index (Phi) is 4.25. The minimum Gasteiger partial charge on any atom is -0.369 e. The number of nitrogens with zero attached hydrogens (tertiary/aromatic N) is 2. The third-order valence-electron chi connectivity index (χ3n) is 3.62. The molecule has 1 aromatic carbocycles. The summed E-state index contributed by atoms with van der Waals surface area (Å²) in [7, 11) is 0. The van der Waals surface area contributed by atoms with Crippen molar-refractivity contribution < 1.29 is 0 Å². The zero-order valence-electron chi connectivity index (χ0n) is 11.8. The predicted molar refractivity (Wildman–Crippen MR) is 78.2 cm³/mol. The maximum Gasteiger partial charge on any atom is 0.0399 e. The molecule has 1 aromatic rings. The Hall–Kier alpha value is -1.06. The molecule has 1 aliphatic rings. The highest BCUT2D eigenvalue weighted by atomic mass is 15.3. The second-order valence-electron chi connectivity index (χ2n) is 5.55. The first-order chi connectivity index (χ1) is 8.56. The van der Waals surface area contributed by atoms with Crippen LogP contribution in [-0.4, -0.2) is 43.7 Å². The first-order valence-electron chi connectivity index (χ1n) is 6.86. The smallest absolute Gasteiger partial charge is 0.0399 e. The summed E-state index contributed by atoms with van der Waals surface area (Å²) in [4.78, 5) is 4.96. The molecule has 0 unspecified atom stereocenters. The maximum absolute atomic E-state index is 5.86. The number of rotatable bonds is 3. The van der Waals surface area contributed by atoms with Gasteiger partial charge in [-0.1, -0.05) is 12.1 Å². The van der Waals surface area contributed by atoms with Gasteiger partial charge in [0.15, 0.2) is 0 Å². The number of hydrogen-bond donors (Lipinski definition) is 1. The third-order valence-corrected chi connectivity index (χ3v) is 3.62. The highest BCUT2D eigenvalue weighted by Gasteiger charge is 2.18. The van der Waals surface area contributed by atoms with E-state index in [1.807, 2.05) is 0 Å². The minimum absolute atomic E-state index is 0.275. The van der Waals surface area contributed by atoms with Gasteiger partial charge in [0.1, 0.15) is 0 Å². The number of anilines is 1. The molecular formula is C15H25N3. The first-order valence-corrected chi connectivity index (χ1v) is 6.86. The van der Waals surface area contributed by atoms with Gasteiger partial charge in [-0.25, -0.2) is 0 Å². The van der Waals surface area contributed by atoms with E-state index in [9.17, 15) is 0 Å². The molecule has 0 aliphatic carbocycles. The van der Waals surface area contributed by atoms with Crippen molar-refractivity contribution in [2.24, 2.45) is 5.73 Å². The third kappa shape index (κ3) is 3.24. The highest BCUT2D eigenvalue weighted by molar-refractivity contribution is 5.55. The molecule has 2 rings (SSSR count). The average molecular weight is 247 g/mol. The van der Waals surface area contributed by atoms with Crippen LogP contribution in [-0.2, 0) is 0 Å². The van der Waals surface area contributed by atoms with E-state index in [1.54, 1.807) is 0 Å². The van der Waals surface area contributed by atoms with E-state index in [0.29, 0.717) is 0 Å². The monoisotopic (exact) mass is 247 g/mol. The van der Waals surface area contributed by atoms with Crippen molar-refractivity contribution in [2.45, 2.75) is 26.8 Å². The fourth-order valence-corrected chi connectivity index (χ4v) is 2.64. The van der Waals surface area contributed by atoms with Crippen LogP contribution in [0.15, 0.2) is 18.2 Å². The fraction of sp³-hybridized carbons (Fsp3) is 0.600. The van der Waals surface area contributed by atoms with Gasteiger partial charge in [0.25, 0.3) is 0 Å². The molecule has 100 valence electrons. The van der Waals surface area contributed by atoms with Crippen LogP contribution in [0.5, 0.6) is 0 Å². The molecule has 0 bridgehead atoms. The lowest BCUT2D eigenvalue weighted by Gasteiger charge is -2.37. The van der Waals surface area contributed by atoms with Gasteiger partial charge in [-0.3, -0.25) is 4.90 Å². The van der Waals surface area contributed by atoms with Gasteiger partial charge in [-0.15, -0.1) is 0 Å². The average Bonchev–Trinajstić information content (AvgIpc) is 2.33. The van der Waals surface area contributed by atoms with Crippen LogP contribution in [0.2, 0.25) is 0 Å². The highest BCUT2D eigenvalue weighted by Crippen LogP contribution is 2.22. The van der Waals surface area contributed by atoms with Crippen LogP contribution >= 0.6 is 0 Å². The summed E-state index contributed by atoms with van der Waals surface area (Å²) in [5.41, 5.74) is 9.97. The SMILES string of the molecule is Cc1ccc(C)c(N2CCN(C[C@@H](C)N)CC2)c1. The summed E-state index contributed by atoms with van der Waals surface area (Å²) in [6, 6.07) is 6.98. The standard InChI is InChI=1S/C15H25N3/c1-12-4-5-13(2)15(10-12)18-8-6-17(7-9-18)11-14(3)16/h4-5,10,14H,6-9,11,16H2,1-3H3/t14-/m1/s1. The van der Waals surface area contributed by atoms with Crippen molar-refractivity contribution in [1.29, 1.82) is 0 Å². The molecule has 0 aromatic heterocycles. The first kappa shape index (κ1) is 13.4. The van der Waals surface area contributed by atoms with Crippen molar-refractivity contribution in [3.8, 4) is 0 Å². The van der Waals surface area contributed by atoms with Crippen molar-refractivity contribution in [3.05, 3.63) is 29.3 Å². The molecule has 1 atom stereocenters. The van der Waals surface area contributed by atoms with E-state index in [-0.39, 0.29) is 6.04 Å². The zero-order chi connectivity index (χ0) is 13.1. The lowest BCUT2D eigenvalue weighted by Crippen LogP contribution is -2.49.